The summed E-state index contributed by atoms with van der Waals surface area (Å²) in [6, 6.07) is 5.86. The minimum atomic E-state index is -0.847. The minimum absolute atomic E-state index is 0.111. The molecule has 92 valence electrons. The van der Waals surface area contributed by atoms with Gasteiger partial charge in [-0.3, -0.25) is 4.98 Å². The van der Waals surface area contributed by atoms with Crippen molar-refractivity contribution in [2.45, 2.75) is 26.3 Å². The average molecular weight is 234 g/mol. The molecule has 1 atom stereocenters. The molecule has 0 aromatic carbocycles. The Morgan fingerprint density at radius 1 is 1.59 bits per heavy atom. The van der Waals surface area contributed by atoms with Gasteiger partial charge in [-0.25, -0.2) is 4.79 Å². The van der Waals surface area contributed by atoms with Crippen LogP contribution in [0.4, 0.5) is 0 Å². The molecular weight excluding hydrogens is 216 g/mol. The van der Waals surface area contributed by atoms with Crippen LogP contribution in [-0.2, 0) is 4.79 Å². The molecule has 17 heavy (non-hydrogen) atoms. The number of aliphatic carboxylic acids is 1. The van der Waals surface area contributed by atoms with E-state index in [4.69, 9.17) is 5.11 Å². The Bertz CT molecular complexity index is 388. The van der Waals surface area contributed by atoms with E-state index in [0.29, 0.717) is 18.5 Å². The lowest BCUT2D eigenvalue weighted by atomic mass is 10.2. The molecule has 0 aliphatic carbocycles. The predicted octanol–water partition coefficient (Wildman–Crippen LogP) is 2.15. The monoisotopic (exact) mass is 234 g/mol. The van der Waals surface area contributed by atoms with Gasteiger partial charge in [-0.15, -0.1) is 0 Å². The number of carbonyl (C=O) groups is 1. The summed E-state index contributed by atoms with van der Waals surface area (Å²) in [5, 5.41) is 12.1. The zero-order valence-corrected chi connectivity index (χ0v) is 10.2. The van der Waals surface area contributed by atoms with Gasteiger partial charge in [0.05, 0.1) is 5.69 Å². The fourth-order valence-electron chi connectivity index (χ4n) is 1.48. The molecule has 1 heterocycles. The molecule has 0 unspecified atom stereocenters. The summed E-state index contributed by atoms with van der Waals surface area (Å²) < 4.78 is 0. The molecule has 1 aromatic heterocycles. The highest BCUT2D eigenvalue weighted by Crippen LogP contribution is 2.07. The van der Waals surface area contributed by atoms with E-state index < -0.39 is 5.97 Å². The topological polar surface area (TPSA) is 62.2 Å². The van der Waals surface area contributed by atoms with Crippen molar-refractivity contribution in [3.8, 4) is 0 Å². The summed E-state index contributed by atoms with van der Waals surface area (Å²) in [5.41, 5.74) is 1.39. The van der Waals surface area contributed by atoms with Crippen LogP contribution in [0.5, 0.6) is 0 Å². The summed E-state index contributed by atoms with van der Waals surface area (Å²) in [6.45, 7) is 4.37. The smallest absolute Gasteiger partial charge is 0.331 e. The van der Waals surface area contributed by atoms with Crippen molar-refractivity contribution < 1.29 is 9.90 Å². The lowest BCUT2D eigenvalue weighted by Crippen LogP contribution is -2.20. The van der Waals surface area contributed by atoms with E-state index in [1.807, 2.05) is 32.0 Å². The van der Waals surface area contributed by atoms with Crippen LogP contribution in [0, 0.1) is 0 Å². The first-order valence-corrected chi connectivity index (χ1v) is 5.71. The van der Waals surface area contributed by atoms with Gasteiger partial charge in [-0.2, -0.15) is 0 Å². The lowest BCUT2D eigenvalue weighted by molar-refractivity contribution is -0.132. The normalized spacial score (nSPS) is 13.4. The third-order valence-corrected chi connectivity index (χ3v) is 2.56. The molecule has 0 amide bonds. The molecule has 4 heteroatoms. The van der Waals surface area contributed by atoms with Crippen molar-refractivity contribution in [2.24, 2.45) is 0 Å². The third kappa shape index (κ3) is 4.36. The van der Waals surface area contributed by atoms with E-state index in [1.165, 1.54) is 0 Å². The average Bonchev–Trinajstić information content (AvgIpc) is 2.35. The first kappa shape index (κ1) is 13.4. The Balaban J connectivity index is 2.49. The van der Waals surface area contributed by atoms with Crippen LogP contribution in [0.3, 0.4) is 0 Å². The number of nitrogens with zero attached hydrogens (tertiary/aromatic N) is 1. The van der Waals surface area contributed by atoms with Crippen LogP contribution in [0.25, 0.3) is 0 Å². The molecule has 1 aromatic rings. The largest absolute Gasteiger partial charge is 0.478 e. The number of carboxylic acid groups (broad SMARTS) is 1. The summed E-state index contributed by atoms with van der Waals surface area (Å²) in [5.74, 6) is -0.847. The van der Waals surface area contributed by atoms with Crippen LogP contribution < -0.4 is 5.32 Å². The molecule has 0 aliphatic rings. The molecule has 0 radical (unpaired) electrons. The molecular formula is C13H18N2O2. The number of rotatable bonds is 6. The summed E-state index contributed by atoms with van der Waals surface area (Å²) in [4.78, 5) is 15.0. The maximum absolute atomic E-state index is 10.8. The lowest BCUT2D eigenvalue weighted by Gasteiger charge is -2.11. The van der Waals surface area contributed by atoms with Gasteiger partial charge in [-0.1, -0.05) is 19.1 Å². The number of pyridine rings is 1. The van der Waals surface area contributed by atoms with Crippen LogP contribution in [0.1, 0.15) is 32.0 Å². The molecule has 2 N–H and O–H groups in total. The Kier molecular flexibility index (Phi) is 5.36. The molecule has 0 fully saturated rings. The molecule has 4 nitrogen and oxygen atoms in total. The van der Waals surface area contributed by atoms with E-state index in [0.717, 1.165) is 5.69 Å². The predicted molar refractivity (Wildman–Crippen MR) is 66.7 cm³/mol. The Morgan fingerprint density at radius 3 is 2.88 bits per heavy atom. The minimum Gasteiger partial charge on any atom is -0.478 e. The number of nitrogens with one attached hydrogen (secondary N) is 1. The first-order valence-electron chi connectivity index (χ1n) is 5.71. The number of hydrogen-bond donors (Lipinski definition) is 2. The fourth-order valence-corrected chi connectivity index (χ4v) is 1.48. The molecule has 0 saturated carbocycles. The zero-order chi connectivity index (χ0) is 12.7. The van der Waals surface area contributed by atoms with Crippen LogP contribution in [0.2, 0.25) is 0 Å². The highest BCUT2D eigenvalue weighted by Gasteiger charge is 2.06. The van der Waals surface area contributed by atoms with Crippen LogP contribution in [-0.4, -0.2) is 22.6 Å². The summed E-state index contributed by atoms with van der Waals surface area (Å²) in [6.07, 6.45) is 3.99. The van der Waals surface area contributed by atoms with Crippen LogP contribution in [0.15, 0.2) is 36.0 Å². The second-order valence-corrected chi connectivity index (χ2v) is 3.77. The van der Waals surface area contributed by atoms with E-state index in [1.54, 1.807) is 12.3 Å². The summed E-state index contributed by atoms with van der Waals surface area (Å²) >= 11 is 0. The van der Waals surface area contributed by atoms with Gasteiger partial charge in [0.1, 0.15) is 0 Å². The summed E-state index contributed by atoms with van der Waals surface area (Å²) in [7, 11) is 0. The van der Waals surface area contributed by atoms with E-state index in [2.05, 4.69) is 10.3 Å². The maximum Gasteiger partial charge on any atom is 0.331 e. The van der Waals surface area contributed by atoms with Crippen molar-refractivity contribution in [2.75, 3.05) is 6.54 Å². The van der Waals surface area contributed by atoms with Crippen molar-refractivity contribution in [3.05, 3.63) is 41.7 Å². The SMILES string of the molecule is CC/C(=C/CN[C@@H](C)c1ccccn1)C(=O)O. The zero-order valence-electron chi connectivity index (χ0n) is 10.2. The Morgan fingerprint density at radius 2 is 2.35 bits per heavy atom. The van der Waals surface area contributed by atoms with Crippen LogP contribution >= 0.6 is 0 Å². The third-order valence-electron chi connectivity index (χ3n) is 2.56. The van der Waals surface area contributed by atoms with Gasteiger partial charge in [0.2, 0.25) is 0 Å². The van der Waals surface area contributed by atoms with Crippen molar-refractivity contribution >= 4 is 5.97 Å². The highest BCUT2D eigenvalue weighted by molar-refractivity contribution is 5.86. The van der Waals surface area contributed by atoms with Gasteiger partial charge < -0.3 is 10.4 Å². The van der Waals surface area contributed by atoms with E-state index in [9.17, 15) is 4.79 Å². The quantitative estimate of drug-likeness (QED) is 0.740. The second kappa shape index (κ2) is 6.81. The molecule has 0 spiro atoms. The maximum atomic E-state index is 10.8. The van der Waals surface area contributed by atoms with Gasteiger partial charge in [0.15, 0.2) is 0 Å². The standard InChI is InChI=1S/C13H18N2O2/c1-3-11(13(16)17)7-9-14-10(2)12-6-4-5-8-15-12/h4-8,10,14H,3,9H2,1-2H3,(H,16,17)/b11-7-/t10-/m0/s1. The van der Waals surface area contributed by atoms with E-state index >= 15 is 0 Å². The molecule has 1 rings (SSSR count). The Labute approximate surface area is 101 Å². The van der Waals surface area contributed by atoms with Gasteiger partial charge in [-0.05, 0) is 25.5 Å². The number of hydrogen-bond acceptors (Lipinski definition) is 3. The molecule has 0 bridgehead atoms. The second-order valence-electron chi connectivity index (χ2n) is 3.77. The highest BCUT2D eigenvalue weighted by atomic mass is 16.4. The Hall–Kier alpha value is -1.68. The molecule has 0 aliphatic heterocycles. The first-order chi connectivity index (χ1) is 8.15. The van der Waals surface area contributed by atoms with E-state index in [-0.39, 0.29) is 6.04 Å². The van der Waals surface area contributed by atoms with Gasteiger partial charge >= 0.3 is 5.97 Å². The van der Waals surface area contributed by atoms with Crippen molar-refractivity contribution in [1.29, 1.82) is 0 Å². The number of aromatic nitrogens is 1. The van der Waals surface area contributed by atoms with Crippen molar-refractivity contribution in [3.63, 3.8) is 0 Å². The van der Waals surface area contributed by atoms with Crippen molar-refractivity contribution in [1.82, 2.24) is 10.3 Å². The number of carboxylic acids is 1. The fraction of sp³-hybridized carbons (Fsp3) is 0.385. The van der Waals surface area contributed by atoms with Gasteiger partial charge in [0, 0.05) is 24.4 Å². The molecule has 0 saturated heterocycles. The van der Waals surface area contributed by atoms with Gasteiger partial charge in [0.25, 0.3) is 0 Å².